The van der Waals surface area contributed by atoms with Crippen molar-refractivity contribution < 1.29 is 27.8 Å². The number of rotatable bonds is 6. The summed E-state index contributed by atoms with van der Waals surface area (Å²) in [6, 6.07) is 15.7. The van der Waals surface area contributed by atoms with E-state index < -0.39 is 17.5 Å². The van der Waals surface area contributed by atoms with Crippen LogP contribution in [0.2, 0.25) is 0 Å². The van der Waals surface area contributed by atoms with E-state index in [0.29, 0.717) is 23.3 Å². The molecule has 9 heteroatoms. The summed E-state index contributed by atoms with van der Waals surface area (Å²) in [6.45, 7) is -0.314. The molecule has 0 saturated heterocycles. The van der Waals surface area contributed by atoms with Gasteiger partial charge in [0.2, 0.25) is 11.8 Å². The summed E-state index contributed by atoms with van der Waals surface area (Å²) in [5.41, 5.74) is 1.32. The Morgan fingerprint density at radius 1 is 1.06 bits per heavy atom. The second-order valence-corrected chi connectivity index (χ2v) is 8.79. The maximum atomic E-state index is 14.0. The number of ether oxygens (including phenoxy) is 2. The van der Waals surface area contributed by atoms with Gasteiger partial charge in [0.05, 0.1) is 25.6 Å². The number of carbonyl (C=O) groups excluding carboxylic acids is 2. The minimum atomic E-state index is -0.889. The van der Waals surface area contributed by atoms with E-state index in [1.807, 2.05) is 24.3 Å². The Hall–Kier alpha value is -3.59. The minimum Gasteiger partial charge on any atom is -0.493 e. The molecular weight excluding hydrogens is 462 g/mol. The highest BCUT2D eigenvalue weighted by Gasteiger charge is 2.31. The molecule has 0 saturated carbocycles. The number of benzene rings is 3. The highest BCUT2D eigenvalue weighted by Crippen LogP contribution is 2.46. The van der Waals surface area contributed by atoms with Crippen molar-refractivity contribution >= 4 is 35.0 Å². The Morgan fingerprint density at radius 3 is 2.56 bits per heavy atom. The molecule has 1 heterocycles. The lowest BCUT2D eigenvalue weighted by molar-refractivity contribution is -0.121. The number of fused-ring (bicyclic) bond motifs is 1. The van der Waals surface area contributed by atoms with Gasteiger partial charge in [-0.15, -0.1) is 11.8 Å². The van der Waals surface area contributed by atoms with Crippen LogP contribution in [0, 0.1) is 11.6 Å². The molecule has 1 aliphatic rings. The third-order valence-corrected chi connectivity index (χ3v) is 6.70. The summed E-state index contributed by atoms with van der Waals surface area (Å²) in [7, 11) is 3.10. The first kappa shape index (κ1) is 23.6. The monoisotopic (exact) mass is 484 g/mol. The van der Waals surface area contributed by atoms with Crippen LogP contribution >= 0.6 is 11.8 Å². The lowest BCUT2D eigenvalue weighted by atomic mass is 10.1. The molecule has 0 spiro atoms. The van der Waals surface area contributed by atoms with Crippen LogP contribution in [0.5, 0.6) is 11.5 Å². The Kier molecular flexibility index (Phi) is 7.02. The summed E-state index contributed by atoms with van der Waals surface area (Å²) < 4.78 is 37.8. The number of nitrogens with one attached hydrogen (secondary N) is 1. The first-order valence-corrected chi connectivity index (χ1v) is 11.3. The number of para-hydroxylation sites is 1. The standard InChI is InChI=1S/C25H22F2N2O4S/c1-32-20-10-7-15(11-21(20)33-2)23-13-25(31)29(19-5-3-4-6-22(19)34-23)14-24(30)28-18-9-8-16(26)12-17(18)27/h3-12,23H,13-14H2,1-2H3,(H,28,30). The fourth-order valence-corrected chi connectivity index (χ4v) is 4.99. The number of hydrogen-bond acceptors (Lipinski definition) is 5. The molecule has 1 aliphatic heterocycles. The van der Waals surface area contributed by atoms with Gasteiger partial charge in [-0.05, 0) is 42.0 Å². The summed E-state index contributed by atoms with van der Waals surface area (Å²) in [5, 5.41) is 2.19. The summed E-state index contributed by atoms with van der Waals surface area (Å²) in [5.74, 6) is -1.34. The first-order chi connectivity index (χ1) is 16.4. The number of anilines is 2. The molecule has 0 aliphatic carbocycles. The average Bonchev–Trinajstić information content (AvgIpc) is 2.97. The molecule has 34 heavy (non-hydrogen) atoms. The van der Waals surface area contributed by atoms with Crippen molar-refractivity contribution in [3.8, 4) is 11.5 Å². The second-order valence-electron chi connectivity index (χ2n) is 7.54. The van der Waals surface area contributed by atoms with Gasteiger partial charge in [0.1, 0.15) is 18.2 Å². The molecule has 4 rings (SSSR count). The van der Waals surface area contributed by atoms with Crippen molar-refractivity contribution in [3.05, 3.63) is 77.9 Å². The van der Waals surface area contributed by atoms with Gasteiger partial charge in [-0.25, -0.2) is 8.78 Å². The minimum absolute atomic E-state index is 0.132. The van der Waals surface area contributed by atoms with Gasteiger partial charge < -0.3 is 19.7 Å². The van der Waals surface area contributed by atoms with E-state index >= 15 is 0 Å². The first-order valence-electron chi connectivity index (χ1n) is 10.4. The molecule has 1 N–H and O–H groups in total. The van der Waals surface area contributed by atoms with Gasteiger partial charge in [-0.2, -0.15) is 0 Å². The molecule has 2 amide bonds. The SMILES string of the molecule is COc1ccc(C2CC(=O)N(CC(=O)Nc3ccc(F)cc3F)c3ccccc3S2)cc1OC. The van der Waals surface area contributed by atoms with Crippen LogP contribution in [0.1, 0.15) is 17.2 Å². The van der Waals surface area contributed by atoms with Crippen molar-refractivity contribution in [2.75, 3.05) is 31.0 Å². The van der Waals surface area contributed by atoms with Crippen LogP contribution in [0.4, 0.5) is 20.2 Å². The molecule has 0 radical (unpaired) electrons. The number of nitrogens with zero attached hydrogens (tertiary/aromatic N) is 1. The van der Waals surface area contributed by atoms with Gasteiger partial charge >= 0.3 is 0 Å². The van der Waals surface area contributed by atoms with Crippen LogP contribution in [-0.2, 0) is 9.59 Å². The number of amides is 2. The average molecular weight is 485 g/mol. The fourth-order valence-electron chi connectivity index (χ4n) is 3.71. The molecule has 1 unspecified atom stereocenters. The zero-order valence-corrected chi connectivity index (χ0v) is 19.3. The van der Waals surface area contributed by atoms with Crippen LogP contribution in [0.3, 0.4) is 0 Å². The van der Waals surface area contributed by atoms with E-state index in [1.54, 1.807) is 32.4 Å². The van der Waals surface area contributed by atoms with Crippen molar-refractivity contribution in [2.45, 2.75) is 16.6 Å². The number of thioether (sulfide) groups is 1. The lowest BCUT2D eigenvalue weighted by Gasteiger charge is -2.22. The Morgan fingerprint density at radius 2 is 1.82 bits per heavy atom. The Bertz CT molecular complexity index is 1240. The molecule has 176 valence electrons. The Labute approximate surface area is 199 Å². The number of methoxy groups -OCH3 is 2. The zero-order chi connectivity index (χ0) is 24.2. The largest absolute Gasteiger partial charge is 0.493 e. The highest BCUT2D eigenvalue weighted by molar-refractivity contribution is 7.99. The maximum Gasteiger partial charge on any atom is 0.244 e. The van der Waals surface area contributed by atoms with E-state index in [0.717, 1.165) is 22.6 Å². The zero-order valence-electron chi connectivity index (χ0n) is 18.5. The number of hydrogen-bond donors (Lipinski definition) is 1. The van der Waals surface area contributed by atoms with E-state index in [9.17, 15) is 18.4 Å². The predicted octanol–water partition coefficient (Wildman–Crippen LogP) is 5.19. The van der Waals surface area contributed by atoms with Gasteiger partial charge in [-0.1, -0.05) is 18.2 Å². The van der Waals surface area contributed by atoms with Crippen LogP contribution < -0.4 is 19.7 Å². The topological polar surface area (TPSA) is 67.9 Å². The quantitative estimate of drug-likeness (QED) is 0.522. The second kappa shape index (κ2) is 10.1. The Balaban J connectivity index is 1.60. The summed E-state index contributed by atoms with van der Waals surface area (Å²) in [4.78, 5) is 28.2. The molecule has 1 atom stereocenters. The molecule has 3 aromatic rings. The maximum absolute atomic E-state index is 14.0. The van der Waals surface area contributed by atoms with Crippen LogP contribution in [0.15, 0.2) is 65.6 Å². The normalized spacial score (nSPS) is 15.4. The van der Waals surface area contributed by atoms with Gasteiger partial charge in [-0.3, -0.25) is 9.59 Å². The highest BCUT2D eigenvalue weighted by atomic mass is 32.2. The van der Waals surface area contributed by atoms with Crippen LogP contribution in [0.25, 0.3) is 0 Å². The third-order valence-electron chi connectivity index (χ3n) is 5.37. The van der Waals surface area contributed by atoms with E-state index in [2.05, 4.69) is 5.32 Å². The van der Waals surface area contributed by atoms with Gasteiger partial charge in [0, 0.05) is 22.6 Å². The third kappa shape index (κ3) is 4.99. The predicted molar refractivity (Wildman–Crippen MR) is 127 cm³/mol. The molecule has 0 fully saturated rings. The van der Waals surface area contributed by atoms with E-state index in [4.69, 9.17) is 9.47 Å². The summed E-state index contributed by atoms with van der Waals surface area (Å²) >= 11 is 1.51. The van der Waals surface area contributed by atoms with Crippen molar-refractivity contribution in [2.24, 2.45) is 0 Å². The molecular formula is C25H22F2N2O4S. The lowest BCUT2D eigenvalue weighted by Crippen LogP contribution is -2.38. The van der Waals surface area contributed by atoms with Gasteiger partial charge in [0.25, 0.3) is 0 Å². The molecule has 6 nitrogen and oxygen atoms in total. The molecule has 0 bridgehead atoms. The van der Waals surface area contributed by atoms with Crippen LogP contribution in [-0.4, -0.2) is 32.6 Å². The summed E-state index contributed by atoms with van der Waals surface area (Å²) in [6.07, 6.45) is 0.132. The van der Waals surface area contributed by atoms with Gasteiger partial charge in [0.15, 0.2) is 11.5 Å². The number of carbonyl (C=O) groups is 2. The fraction of sp³-hybridized carbons (Fsp3) is 0.200. The molecule has 0 aromatic heterocycles. The smallest absolute Gasteiger partial charge is 0.244 e. The van der Waals surface area contributed by atoms with Crippen molar-refractivity contribution in [1.29, 1.82) is 0 Å². The van der Waals surface area contributed by atoms with Crippen molar-refractivity contribution in [3.63, 3.8) is 0 Å². The van der Waals surface area contributed by atoms with E-state index in [1.165, 1.54) is 16.7 Å². The molecule has 3 aromatic carbocycles. The van der Waals surface area contributed by atoms with Crippen molar-refractivity contribution in [1.82, 2.24) is 0 Å². The van der Waals surface area contributed by atoms with E-state index in [-0.39, 0.29) is 29.8 Å². The number of halogens is 2.